The van der Waals surface area contributed by atoms with E-state index in [1.807, 2.05) is 0 Å². The van der Waals surface area contributed by atoms with E-state index >= 15 is 0 Å². The zero-order valence-corrected chi connectivity index (χ0v) is 11.8. The quantitative estimate of drug-likeness (QED) is 0.766. The maximum Gasteiger partial charge on any atom is 0.321 e. The second-order valence-corrected chi connectivity index (χ2v) is 4.84. The molecule has 1 heterocycles. The summed E-state index contributed by atoms with van der Waals surface area (Å²) < 4.78 is 5.07. The standard InChI is InChI=1S/C14H17N3O4/c1-8-11(13(19)17-14(20)15-8)7-12(18)16-9-4-3-5-10(6-9)21-2/h3-6,8,11H,7H2,1-2H3,(H,16,18)(H2,15,17,19,20). The number of rotatable bonds is 4. The molecule has 1 saturated heterocycles. The summed E-state index contributed by atoms with van der Waals surface area (Å²) in [5.41, 5.74) is 0.590. The van der Waals surface area contributed by atoms with E-state index in [0.29, 0.717) is 11.4 Å². The van der Waals surface area contributed by atoms with E-state index in [2.05, 4.69) is 16.0 Å². The van der Waals surface area contributed by atoms with Crippen LogP contribution in [0.25, 0.3) is 0 Å². The van der Waals surface area contributed by atoms with E-state index in [4.69, 9.17) is 4.74 Å². The van der Waals surface area contributed by atoms with Crippen LogP contribution in [0.1, 0.15) is 13.3 Å². The summed E-state index contributed by atoms with van der Waals surface area (Å²) >= 11 is 0. The van der Waals surface area contributed by atoms with Gasteiger partial charge in [0, 0.05) is 24.2 Å². The summed E-state index contributed by atoms with van der Waals surface area (Å²) in [4.78, 5) is 34.9. The molecule has 7 heteroatoms. The summed E-state index contributed by atoms with van der Waals surface area (Å²) in [6.45, 7) is 1.69. The molecule has 3 N–H and O–H groups in total. The highest BCUT2D eigenvalue weighted by Crippen LogP contribution is 2.18. The number of anilines is 1. The van der Waals surface area contributed by atoms with Gasteiger partial charge in [-0.05, 0) is 19.1 Å². The number of nitrogens with one attached hydrogen (secondary N) is 3. The van der Waals surface area contributed by atoms with Gasteiger partial charge >= 0.3 is 6.03 Å². The van der Waals surface area contributed by atoms with E-state index in [1.54, 1.807) is 31.2 Å². The first-order valence-electron chi connectivity index (χ1n) is 6.55. The molecular formula is C14H17N3O4. The van der Waals surface area contributed by atoms with E-state index in [0.717, 1.165) is 0 Å². The summed E-state index contributed by atoms with van der Waals surface area (Å²) in [5, 5.41) is 7.44. The van der Waals surface area contributed by atoms with Gasteiger partial charge in [-0.3, -0.25) is 14.9 Å². The Morgan fingerprint density at radius 3 is 2.81 bits per heavy atom. The van der Waals surface area contributed by atoms with Gasteiger partial charge in [0.15, 0.2) is 0 Å². The summed E-state index contributed by atoms with van der Waals surface area (Å²) in [7, 11) is 1.54. The van der Waals surface area contributed by atoms with Gasteiger partial charge in [0.05, 0.1) is 13.0 Å². The molecule has 2 atom stereocenters. The molecule has 0 bridgehead atoms. The van der Waals surface area contributed by atoms with Crippen LogP contribution >= 0.6 is 0 Å². The van der Waals surface area contributed by atoms with Gasteiger partial charge < -0.3 is 15.4 Å². The molecule has 1 aliphatic heterocycles. The number of carbonyl (C=O) groups excluding carboxylic acids is 3. The molecular weight excluding hydrogens is 274 g/mol. The molecule has 0 spiro atoms. The fraction of sp³-hybridized carbons (Fsp3) is 0.357. The van der Waals surface area contributed by atoms with Crippen LogP contribution in [0.15, 0.2) is 24.3 Å². The van der Waals surface area contributed by atoms with Crippen molar-refractivity contribution in [2.75, 3.05) is 12.4 Å². The monoisotopic (exact) mass is 291 g/mol. The molecule has 4 amide bonds. The Morgan fingerprint density at radius 2 is 2.14 bits per heavy atom. The molecule has 7 nitrogen and oxygen atoms in total. The first kappa shape index (κ1) is 14.8. The molecule has 0 radical (unpaired) electrons. The number of imide groups is 1. The lowest BCUT2D eigenvalue weighted by Crippen LogP contribution is -2.57. The Kier molecular flexibility index (Phi) is 4.42. The van der Waals surface area contributed by atoms with Crippen LogP contribution in [-0.2, 0) is 9.59 Å². The molecule has 2 unspecified atom stereocenters. The lowest BCUT2D eigenvalue weighted by Gasteiger charge is -2.28. The van der Waals surface area contributed by atoms with Crippen molar-refractivity contribution in [3.8, 4) is 5.75 Å². The summed E-state index contributed by atoms with van der Waals surface area (Å²) in [5.74, 6) is -0.699. The van der Waals surface area contributed by atoms with Crippen LogP contribution in [0.2, 0.25) is 0 Å². The number of amides is 4. The van der Waals surface area contributed by atoms with Crippen molar-refractivity contribution in [3.05, 3.63) is 24.3 Å². The number of hydrogen-bond acceptors (Lipinski definition) is 4. The first-order valence-corrected chi connectivity index (χ1v) is 6.55. The average Bonchev–Trinajstić information content (AvgIpc) is 2.43. The van der Waals surface area contributed by atoms with E-state index in [9.17, 15) is 14.4 Å². The zero-order valence-electron chi connectivity index (χ0n) is 11.8. The van der Waals surface area contributed by atoms with Crippen LogP contribution in [0, 0.1) is 5.92 Å². The summed E-state index contributed by atoms with van der Waals surface area (Å²) in [6.07, 6.45) is -0.00943. The number of methoxy groups -OCH3 is 1. The lowest BCUT2D eigenvalue weighted by atomic mass is 9.94. The number of hydrogen-bond donors (Lipinski definition) is 3. The number of benzene rings is 1. The van der Waals surface area contributed by atoms with Gasteiger partial charge in [0.1, 0.15) is 5.75 Å². The Hall–Kier alpha value is -2.57. The van der Waals surface area contributed by atoms with Crippen LogP contribution in [0.4, 0.5) is 10.5 Å². The molecule has 0 saturated carbocycles. The SMILES string of the molecule is COc1cccc(NC(=O)CC2C(=O)NC(=O)NC2C)c1. The first-order chi connectivity index (χ1) is 9.99. The Bertz CT molecular complexity index is 573. The van der Waals surface area contributed by atoms with Crippen molar-refractivity contribution in [1.29, 1.82) is 0 Å². The normalized spacial score (nSPS) is 21.2. The number of carbonyl (C=O) groups is 3. The van der Waals surface area contributed by atoms with Crippen molar-refractivity contribution in [3.63, 3.8) is 0 Å². The molecule has 21 heavy (non-hydrogen) atoms. The molecule has 1 aromatic carbocycles. The summed E-state index contributed by atoms with van der Waals surface area (Å²) in [6, 6.07) is 6.02. The van der Waals surface area contributed by atoms with Crippen molar-refractivity contribution in [2.45, 2.75) is 19.4 Å². The van der Waals surface area contributed by atoms with Crippen LogP contribution < -0.4 is 20.7 Å². The van der Waals surface area contributed by atoms with Gasteiger partial charge in [0.25, 0.3) is 0 Å². The van der Waals surface area contributed by atoms with Gasteiger partial charge in [-0.25, -0.2) is 4.79 Å². The van der Waals surface area contributed by atoms with E-state index < -0.39 is 17.9 Å². The highest BCUT2D eigenvalue weighted by molar-refractivity contribution is 6.01. The molecule has 1 aromatic rings. The van der Waals surface area contributed by atoms with E-state index in [1.165, 1.54) is 7.11 Å². The largest absolute Gasteiger partial charge is 0.497 e. The third kappa shape index (κ3) is 3.71. The Balaban J connectivity index is 1.97. The molecule has 112 valence electrons. The molecule has 0 aliphatic carbocycles. The van der Waals surface area contributed by atoms with Crippen molar-refractivity contribution in [2.24, 2.45) is 5.92 Å². The van der Waals surface area contributed by atoms with Crippen molar-refractivity contribution < 1.29 is 19.1 Å². The third-order valence-electron chi connectivity index (χ3n) is 3.29. The Labute approximate surface area is 122 Å². The topological polar surface area (TPSA) is 96.5 Å². The molecule has 2 rings (SSSR count). The van der Waals surface area contributed by atoms with E-state index in [-0.39, 0.29) is 18.4 Å². The third-order valence-corrected chi connectivity index (χ3v) is 3.29. The predicted octanol–water partition coefficient (Wildman–Crippen LogP) is 0.868. The number of ether oxygens (including phenoxy) is 1. The highest BCUT2D eigenvalue weighted by atomic mass is 16.5. The van der Waals surface area contributed by atoms with Gasteiger partial charge in [-0.2, -0.15) is 0 Å². The van der Waals surface area contributed by atoms with Gasteiger partial charge in [0.2, 0.25) is 11.8 Å². The average molecular weight is 291 g/mol. The minimum Gasteiger partial charge on any atom is -0.497 e. The second kappa shape index (κ2) is 6.25. The molecule has 1 aliphatic rings. The van der Waals surface area contributed by atoms with Crippen LogP contribution in [0.5, 0.6) is 5.75 Å². The fourth-order valence-corrected chi connectivity index (χ4v) is 2.16. The van der Waals surface area contributed by atoms with Gasteiger partial charge in [-0.15, -0.1) is 0 Å². The Morgan fingerprint density at radius 1 is 1.38 bits per heavy atom. The minimum absolute atomic E-state index is 0.00943. The highest BCUT2D eigenvalue weighted by Gasteiger charge is 2.34. The predicted molar refractivity (Wildman–Crippen MR) is 75.9 cm³/mol. The minimum atomic E-state index is -0.590. The maximum absolute atomic E-state index is 12.0. The fourth-order valence-electron chi connectivity index (χ4n) is 2.16. The second-order valence-electron chi connectivity index (χ2n) is 4.84. The van der Waals surface area contributed by atoms with Crippen LogP contribution in [0.3, 0.4) is 0 Å². The molecule has 0 aromatic heterocycles. The van der Waals surface area contributed by atoms with Gasteiger partial charge in [-0.1, -0.05) is 6.07 Å². The van der Waals surface area contributed by atoms with Crippen molar-refractivity contribution in [1.82, 2.24) is 10.6 Å². The van der Waals surface area contributed by atoms with Crippen LogP contribution in [-0.4, -0.2) is 31.0 Å². The maximum atomic E-state index is 12.0. The zero-order chi connectivity index (χ0) is 15.4. The molecule has 1 fully saturated rings. The van der Waals surface area contributed by atoms with Crippen molar-refractivity contribution >= 4 is 23.5 Å². The lowest BCUT2D eigenvalue weighted by molar-refractivity contribution is -0.129. The number of urea groups is 1. The smallest absolute Gasteiger partial charge is 0.321 e.